The van der Waals surface area contributed by atoms with Crippen LogP contribution in [0.3, 0.4) is 0 Å². The van der Waals surface area contributed by atoms with E-state index in [0.29, 0.717) is 5.92 Å². The topological polar surface area (TPSA) is 53.2 Å². The third-order valence-corrected chi connectivity index (χ3v) is 4.72. The number of anilines is 1. The first-order chi connectivity index (χ1) is 10.6. The molecule has 3 rings (SSSR count). The van der Waals surface area contributed by atoms with Crippen molar-refractivity contribution in [3.05, 3.63) is 47.7 Å². The molecule has 1 aliphatic carbocycles. The van der Waals surface area contributed by atoms with Crippen molar-refractivity contribution in [3.63, 3.8) is 0 Å². The molecule has 0 spiro atoms. The van der Waals surface area contributed by atoms with Gasteiger partial charge in [-0.05, 0) is 55.5 Å². The number of nitrogens with one attached hydrogen (secondary N) is 3. The average molecular weight is 297 g/mol. The Kier molecular flexibility index (Phi) is 4.18. The summed E-state index contributed by atoms with van der Waals surface area (Å²) >= 11 is 0. The van der Waals surface area contributed by atoms with Gasteiger partial charge in [0.05, 0.1) is 5.70 Å². The molecule has 1 aromatic carbocycles. The molecule has 3 N–H and O–H groups in total. The van der Waals surface area contributed by atoms with E-state index in [2.05, 4.69) is 23.1 Å². The van der Waals surface area contributed by atoms with Gasteiger partial charge in [0, 0.05) is 23.4 Å². The van der Waals surface area contributed by atoms with Gasteiger partial charge >= 0.3 is 0 Å². The molecule has 1 aliphatic heterocycles. The van der Waals surface area contributed by atoms with Crippen LogP contribution in [0.1, 0.15) is 37.3 Å². The van der Waals surface area contributed by atoms with Crippen LogP contribution in [0.4, 0.5) is 5.69 Å². The van der Waals surface area contributed by atoms with Crippen LogP contribution in [-0.4, -0.2) is 5.91 Å². The third-order valence-electron chi connectivity index (χ3n) is 4.72. The summed E-state index contributed by atoms with van der Waals surface area (Å²) in [6, 6.07) is 6.04. The molecule has 1 unspecified atom stereocenters. The second-order valence-electron chi connectivity index (χ2n) is 6.21. The Morgan fingerprint density at radius 1 is 1.36 bits per heavy atom. The minimum absolute atomic E-state index is 0.0927. The summed E-state index contributed by atoms with van der Waals surface area (Å²) in [5.41, 5.74) is 10.2. The fourth-order valence-electron chi connectivity index (χ4n) is 2.91. The van der Waals surface area contributed by atoms with Gasteiger partial charge in [-0.1, -0.05) is 19.4 Å². The van der Waals surface area contributed by atoms with E-state index in [9.17, 15) is 4.79 Å². The first-order valence-electron chi connectivity index (χ1n) is 7.95. The molecule has 22 heavy (non-hydrogen) atoms. The van der Waals surface area contributed by atoms with Crippen molar-refractivity contribution in [2.24, 2.45) is 11.8 Å². The SMILES string of the molecule is Cc1ccc(NC(=O)C(C)C2CCC2)cc1C1=CC=CNN1. The number of allylic oxidation sites excluding steroid dienone is 2. The lowest BCUT2D eigenvalue weighted by Gasteiger charge is -2.30. The van der Waals surface area contributed by atoms with Gasteiger partial charge in [0.1, 0.15) is 0 Å². The molecule has 2 aliphatic rings. The normalized spacial score (nSPS) is 18.5. The predicted octanol–water partition coefficient (Wildman–Crippen LogP) is 3.33. The van der Waals surface area contributed by atoms with Crippen molar-refractivity contribution in [2.75, 3.05) is 5.32 Å². The summed E-state index contributed by atoms with van der Waals surface area (Å²) < 4.78 is 0. The Morgan fingerprint density at radius 2 is 2.18 bits per heavy atom. The molecule has 1 saturated carbocycles. The number of hydrogen-bond donors (Lipinski definition) is 3. The number of carbonyl (C=O) groups is 1. The summed E-state index contributed by atoms with van der Waals surface area (Å²) in [7, 11) is 0. The molecular weight excluding hydrogens is 274 g/mol. The highest BCUT2D eigenvalue weighted by Gasteiger charge is 2.28. The maximum atomic E-state index is 12.4. The second-order valence-corrected chi connectivity index (χ2v) is 6.21. The number of amides is 1. The van der Waals surface area contributed by atoms with E-state index in [1.807, 2.05) is 43.5 Å². The van der Waals surface area contributed by atoms with E-state index in [-0.39, 0.29) is 11.8 Å². The van der Waals surface area contributed by atoms with Gasteiger partial charge in [-0.25, -0.2) is 0 Å². The molecule has 1 aromatic rings. The number of carbonyl (C=O) groups excluding carboxylic acids is 1. The Bertz CT molecular complexity index is 629. The van der Waals surface area contributed by atoms with Crippen molar-refractivity contribution >= 4 is 17.3 Å². The Labute approximate surface area is 131 Å². The van der Waals surface area contributed by atoms with Gasteiger partial charge in [-0.2, -0.15) is 0 Å². The molecule has 0 bridgehead atoms. The molecule has 1 fully saturated rings. The lowest BCUT2D eigenvalue weighted by atomic mass is 9.76. The zero-order valence-corrected chi connectivity index (χ0v) is 13.1. The first-order valence-corrected chi connectivity index (χ1v) is 7.95. The highest BCUT2D eigenvalue weighted by molar-refractivity contribution is 5.93. The summed E-state index contributed by atoms with van der Waals surface area (Å²) in [6.45, 7) is 4.10. The molecule has 1 atom stereocenters. The standard InChI is InChI=1S/C18H23N3O/c1-12-8-9-15(11-16(12)17-7-4-10-19-21-17)20-18(22)13(2)14-5-3-6-14/h4,7-11,13-14,19,21H,3,5-6H2,1-2H3,(H,20,22). The van der Waals surface area contributed by atoms with Crippen LogP contribution in [0.25, 0.3) is 5.70 Å². The quantitative estimate of drug-likeness (QED) is 0.799. The lowest BCUT2D eigenvalue weighted by Crippen LogP contribution is -2.31. The molecule has 0 radical (unpaired) electrons. The van der Waals surface area contributed by atoms with E-state index < -0.39 is 0 Å². The van der Waals surface area contributed by atoms with E-state index >= 15 is 0 Å². The van der Waals surface area contributed by atoms with E-state index in [1.54, 1.807) is 0 Å². The van der Waals surface area contributed by atoms with Gasteiger partial charge in [-0.15, -0.1) is 0 Å². The monoisotopic (exact) mass is 297 g/mol. The van der Waals surface area contributed by atoms with Crippen LogP contribution in [0.15, 0.2) is 36.6 Å². The zero-order valence-electron chi connectivity index (χ0n) is 13.1. The highest BCUT2D eigenvalue weighted by Crippen LogP contribution is 2.34. The van der Waals surface area contributed by atoms with Crippen LogP contribution in [0.5, 0.6) is 0 Å². The number of benzene rings is 1. The highest BCUT2D eigenvalue weighted by atomic mass is 16.1. The number of aryl methyl sites for hydroxylation is 1. The average Bonchev–Trinajstić information content (AvgIpc) is 2.48. The minimum atomic E-state index is 0.0927. The maximum absolute atomic E-state index is 12.4. The largest absolute Gasteiger partial charge is 0.326 e. The predicted molar refractivity (Wildman–Crippen MR) is 89.7 cm³/mol. The van der Waals surface area contributed by atoms with Crippen LogP contribution in [0.2, 0.25) is 0 Å². The molecule has 1 amide bonds. The van der Waals surface area contributed by atoms with Crippen molar-refractivity contribution in [2.45, 2.75) is 33.1 Å². The van der Waals surface area contributed by atoms with Crippen LogP contribution >= 0.6 is 0 Å². The van der Waals surface area contributed by atoms with Crippen molar-refractivity contribution in [1.82, 2.24) is 10.9 Å². The van der Waals surface area contributed by atoms with Gasteiger partial charge in [-0.3, -0.25) is 4.79 Å². The van der Waals surface area contributed by atoms with E-state index in [4.69, 9.17) is 0 Å². The molecular formula is C18H23N3O. The van der Waals surface area contributed by atoms with Crippen LogP contribution in [-0.2, 0) is 4.79 Å². The van der Waals surface area contributed by atoms with Gasteiger partial charge in [0.25, 0.3) is 0 Å². The Balaban J connectivity index is 1.75. The van der Waals surface area contributed by atoms with Gasteiger partial charge < -0.3 is 16.2 Å². The van der Waals surface area contributed by atoms with E-state index in [1.165, 1.54) is 24.8 Å². The summed E-state index contributed by atoms with van der Waals surface area (Å²) in [5.74, 6) is 0.778. The summed E-state index contributed by atoms with van der Waals surface area (Å²) in [5, 5.41) is 3.07. The van der Waals surface area contributed by atoms with E-state index in [0.717, 1.165) is 16.9 Å². The van der Waals surface area contributed by atoms with Gasteiger partial charge in [0.2, 0.25) is 5.91 Å². The third kappa shape index (κ3) is 3.01. The summed E-state index contributed by atoms with van der Waals surface area (Å²) in [4.78, 5) is 12.4. The second kappa shape index (κ2) is 6.26. The number of hydrogen-bond acceptors (Lipinski definition) is 3. The summed E-state index contributed by atoms with van der Waals surface area (Å²) in [6.07, 6.45) is 9.43. The van der Waals surface area contributed by atoms with Crippen molar-refractivity contribution in [3.8, 4) is 0 Å². The fourth-order valence-corrected chi connectivity index (χ4v) is 2.91. The smallest absolute Gasteiger partial charge is 0.227 e. The lowest BCUT2D eigenvalue weighted by molar-refractivity contribution is -0.121. The Morgan fingerprint density at radius 3 is 2.82 bits per heavy atom. The van der Waals surface area contributed by atoms with Crippen LogP contribution < -0.4 is 16.2 Å². The Hall–Kier alpha value is -2.23. The molecule has 0 aromatic heterocycles. The van der Waals surface area contributed by atoms with Crippen molar-refractivity contribution in [1.29, 1.82) is 0 Å². The first kappa shape index (κ1) is 14.7. The number of rotatable bonds is 4. The molecule has 4 heteroatoms. The minimum Gasteiger partial charge on any atom is -0.326 e. The zero-order chi connectivity index (χ0) is 15.5. The molecule has 116 valence electrons. The molecule has 0 saturated heterocycles. The fraction of sp³-hybridized carbons (Fsp3) is 0.389. The van der Waals surface area contributed by atoms with Gasteiger partial charge in [0.15, 0.2) is 0 Å². The molecule has 1 heterocycles. The van der Waals surface area contributed by atoms with Crippen molar-refractivity contribution < 1.29 is 4.79 Å². The number of hydrazine groups is 1. The molecule has 4 nitrogen and oxygen atoms in total. The van der Waals surface area contributed by atoms with Crippen LogP contribution in [0, 0.1) is 18.8 Å². The maximum Gasteiger partial charge on any atom is 0.227 e.